The number of likely N-dealkylation sites (N-methyl/N-ethyl adjacent to an activating group) is 2. The van der Waals surface area contributed by atoms with E-state index in [4.69, 9.17) is 24.5 Å². The maximum Gasteiger partial charge on any atom is 0.481 e. The van der Waals surface area contributed by atoms with Gasteiger partial charge in [-0.2, -0.15) is 4.31 Å². The largest absolute Gasteiger partial charge is 0.481 e. The third-order valence-electron chi connectivity index (χ3n) is 13.0. The van der Waals surface area contributed by atoms with Gasteiger partial charge in [-0.15, -0.1) is 0 Å². The third-order valence-corrected chi connectivity index (χ3v) is 15.6. The molecule has 11 atom stereocenters. The quantitative estimate of drug-likeness (QED) is 0.0314. The summed E-state index contributed by atoms with van der Waals surface area (Å²) >= 11 is 0. The number of carbonyl (C=O) groups is 8. The molecule has 1 heterocycles. The lowest BCUT2D eigenvalue weighted by atomic mass is 9.90. The normalized spacial score (nSPS) is 26.1. The van der Waals surface area contributed by atoms with E-state index >= 15 is 0 Å². The lowest BCUT2D eigenvalue weighted by Crippen LogP contribution is -2.57. The molecule has 0 saturated heterocycles. The Hall–Kier alpha value is -5.52. The number of amides is 6. The van der Waals surface area contributed by atoms with E-state index in [2.05, 4.69) is 30.1 Å². The molecule has 1 aromatic carbocycles. The van der Waals surface area contributed by atoms with Crippen LogP contribution >= 0.6 is 15.6 Å². The smallest absolute Gasteiger partial charge is 0.456 e. The Labute approximate surface area is 464 Å². The lowest BCUT2D eigenvalue weighted by Gasteiger charge is -2.33. The van der Waals surface area contributed by atoms with Crippen LogP contribution in [0.25, 0.3) is 0 Å². The van der Waals surface area contributed by atoms with E-state index in [-0.39, 0.29) is 56.9 Å². The predicted molar refractivity (Wildman–Crippen MR) is 291 cm³/mol. The molecule has 6 amide bonds. The number of hydrogen-bond acceptors (Lipinski definition) is 17. The number of unbranched alkanes of at least 4 members (excludes halogenated alkanes) is 2. The van der Waals surface area contributed by atoms with Crippen LogP contribution in [0, 0.1) is 17.8 Å². The Morgan fingerprint density at radius 2 is 1.51 bits per heavy atom. The van der Waals surface area contributed by atoms with Gasteiger partial charge >= 0.3 is 33.7 Å². The molecule has 2 rings (SSSR count). The summed E-state index contributed by atoms with van der Waals surface area (Å²) in [7, 11) is -7.11. The van der Waals surface area contributed by atoms with Gasteiger partial charge in [0.15, 0.2) is 6.10 Å². The molecule has 0 fully saturated rings. The molecular formula is C52H85N7O18P2. The van der Waals surface area contributed by atoms with Crippen molar-refractivity contribution in [1.29, 1.82) is 0 Å². The second kappa shape index (κ2) is 33.9. The summed E-state index contributed by atoms with van der Waals surface area (Å²) in [4.78, 5) is 133. The summed E-state index contributed by atoms with van der Waals surface area (Å²) in [6.07, 6.45) is -0.211. The summed E-state index contributed by atoms with van der Waals surface area (Å²) in [5, 5.41) is 10.6. The van der Waals surface area contributed by atoms with Crippen LogP contribution in [-0.4, -0.2) is 157 Å². The molecule has 25 nitrogen and oxygen atoms in total. The van der Waals surface area contributed by atoms with E-state index in [1.807, 2.05) is 20.8 Å². The number of cyclic esters (lactones) is 2. The number of nitrogens with one attached hydrogen (secondary N) is 4. The van der Waals surface area contributed by atoms with Gasteiger partial charge in [0.25, 0.3) is 5.91 Å². The number of phosphoric acid groups is 2. The second-order valence-corrected chi connectivity index (χ2v) is 23.1. The van der Waals surface area contributed by atoms with Crippen LogP contribution in [0.4, 0.5) is 4.79 Å². The first-order chi connectivity index (χ1) is 37.0. The van der Waals surface area contributed by atoms with Gasteiger partial charge in [-0.3, -0.25) is 33.0 Å². The van der Waals surface area contributed by atoms with Gasteiger partial charge < -0.3 is 60.8 Å². The standard InChI is InChI=1S/C52H85N7O18P2/c1-13-33(5)44-47(62)56-38(10)51(66)76-45(34(6)14-2)36(8)41(75-52(67)54-26-19-16-20-27-72-78(68,69)77-79(70,71)73-28-25-53)24-23-35(7)50(65)74-42(29-32(3)4)46(61)55-37(9)48(63)59(12)40(30-39-21-17-15-18-22-39)49(64)58(11)31-43(60)57-44/h14-15,17-18,21-23,32-33,36-38,40-42,44-45H,13,16,19-20,24-31,53H2,1-12H3,(H,54,67)(H,55,61)(H,56,62)(H,57,60)(H,68,69)(H,70,71)/b34-14+,35-23+/t33?,36-,37-,38+,40+,41-,42+,44-,45+/m0/s1. The van der Waals surface area contributed by atoms with Gasteiger partial charge in [0.05, 0.1) is 19.8 Å². The summed E-state index contributed by atoms with van der Waals surface area (Å²) < 4.78 is 55.2. The number of rotatable bonds is 20. The van der Waals surface area contributed by atoms with Crippen LogP contribution in [0.3, 0.4) is 0 Å². The van der Waals surface area contributed by atoms with Crippen LogP contribution in [0.2, 0.25) is 0 Å². The molecule has 1 aromatic rings. The van der Waals surface area contributed by atoms with Crippen LogP contribution in [-0.2, 0) is 76.7 Å². The number of allylic oxidation sites excluding steroid dienone is 1. The maximum atomic E-state index is 14.3. The van der Waals surface area contributed by atoms with Crippen LogP contribution in [0.15, 0.2) is 53.6 Å². The zero-order valence-electron chi connectivity index (χ0n) is 47.6. The third kappa shape index (κ3) is 24.4. The van der Waals surface area contributed by atoms with Crippen molar-refractivity contribution in [2.75, 3.05) is 46.9 Å². The number of esters is 2. The van der Waals surface area contributed by atoms with Gasteiger partial charge in [0.2, 0.25) is 23.6 Å². The minimum atomic E-state index is -4.98. The van der Waals surface area contributed by atoms with Crippen molar-refractivity contribution in [2.45, 2.75) is 157 Å². The molecule has 3 unspecified atom stereocenters. The highest BCUT2D eigenvalue weighted by Gasteiger charge is 2.39. The van der Waals surface area contributed by atoms with E-state index in [9.17, 15) is 57.3 Å². The van der Waals surface area contributed by atoms with Gasteiger partial charge in [-0.1, -0.05) is 83.5 Å². The summed E-state index contributed by atoms with van der Waals surface area (Å²) in [5.74, 6) is -6.73. The van der Waals surface area contributed by atoms with Crippen molar-refractivity contribution in [2.24, 2.45) is 23.5 Å². The number of hydrogen-bond donors (Lipinski definition) is 7. The van der Waals surface area contributed by atoms with Crippen molar-refractivity contribution in [3.63, 3.8) is 0 Å². The van der Waals surface area contributed by atoms with E-state index in [1.54, 1.807) is 64.1 Å². The van der Waals surface area contributed by atoms with Gasteiger partial charge in [0, 0.05) is 51.5 Å². The van der Waals surface area contributed by atoms with Crippen molar-refractivity contribution in [1.82, 2.24) is 31.1 Å². The van der Waals surface area contributed by atoms with Crippen LogP contribution < -0.4 is 27.0 Å². The predicted octanol–water partition coefficient (Wildman–Crippen LogP) is 4.35. The first-order valence-electron chi connectivity index (χ1n) is 26.4. The fourth-order valence-corrected chi connectivity index (χ4v) is 10.1. The molecule has 79 heavy (non-hydrogen) atoms. The summed E-state index contributed by atoms with van der Waals surface area (Å²) in [5.41, 5.74) is 6.45. The van der Waals surface area contributed by atoms with Crippen molar-refractivity contribution in [3.05, 3.63) is 59.2 Å². The monoisotopic (exact) mass is 1160 g/mol. The van der Waals surface area contributed by atoms with Crippen LogP contribution in [0.5, 0.6) is 0 Å². The average Bonchev–Trinajstić information content (AvgIpc) is 3.38. The molecule has 0 bridgehead atoms. The fraction of sp³-hybridized carbons (Fsp3) is 0.654. The molecule has 0 spiro atoms. The highest BCUT2D eigenvalue weighted by atomic mass is 31.3. The number of alkyl carbamates (subject to hydrolysis) is 1. The molecule has 0 radical (unpaired) electrons. The van der Waals surface area contributed by atoms with E-state index in [0.717, 1.165) is 4.90 Å². The maximum absolute atomic E-state index is 14.3. The number of benzene rings is 1. The summed E-state index contributed by atoms with van der Waals surface area (Å²) in [6, 6.07) is 4.02. The number of nitrogens with two attached hydrogens (primary N) is 1. The Balaban J connectivity index is 2.56. The van der Waals surface area contributed by atoms with E-state index < -0.39 is 131 Å². The van der Waals surface area contributed by atoms with Gasteiger partial charge in [0.1, 0.15) is 36.4 Å². The SMILES string of the molecule is C/C=C(\C)[C@H]1OC(=O)[C@@H](C)NC(=O)[C@H](C(C)CC)NC(=O)CN(C)C(=O)[C@@H](Cc2ccccc2)N(C)C(=O)[C@H](C)NC(=O)[C@@H](CC(C)C)OC(=O)/C(C)=C/C[C@H](OC(=O)NCCCCCOP(=O)(O)OP(=O)(O)OCCN)[C@@H]1C. The molecule has 0 aliphatic carbocycles. The molecule has 0 saturated carbocycles. The molecule has 27 heteroatoms. The molecule has 1 aliphatic heterocycles. The number of carbonyl (C=O) groups excluding carboxylic acids is 8. The lowest BCUT2D eigenvalue weighted by molar-refractivity contribution is -0.155. The number of ether oxygens (including phenoxy) is 3. The number of nitrogens with zero attached hydrogens (tertiary/aromatic N) is 2. The highest BCUT2D eigenvalue weighted by molar-refractivity contribution is 7.61. The van der Waals surface area contributed by atoms with Gasteiger partial charge in [-0.25, -0.2) is 23.5 Å². The molecule has 8 N–H and O–H groups in total. The topological polar surface area (TPSA) is 347 Å². The van der Waals surface area contributed by atoms with Crippen molar-refractivity contribution in [3.8, 4) is 0 Å². The fourth-order valence-electron chi connectivity index (χ4n) is 7.99. The van der Waals surface area contributed by atoms with E-state index in [0.29, 0.717) is 30.4 Å². The molecule has 0 aromatic heterocycles. The second-order valence-electron chi connectivity index (χ2n) is 20.0. The Morgan fingerprint density at radius 1 is 0.886 bits per heavy atom. The number of phosphoric ester groups is 2. The first-order valence-corrected chi connectivity index (χ1v) is 29.4. The van der Waals surface area contributed by atoms with Crippen LogP contribution in [0.1, 0.15) is 113 Å². The zero-order chi connectivity index (χ0) is 59.8. The van der Waals surface area contributed by atoms with E-state index in [1.165, 1.54) is 45.8 Å². The minimum absolute atomic E-state index is 0.0139. The highest BCUT2D eigenvalue weighted by Crippen LogP contribution is 2.60. The first kappa shape index (κ1) is 69.6. The van der Waals surface area contributed by atoms with Gasteiger partial charge in [-0.05, 0) is 83.3 Å². The molecular weight excluding hydrogens is 1070 g/mol. The Bertz CT molecular complexity index is 2370. The molecule has 446 valence electrons. The average molecular weight is 1160 g/mol. The Morgan fingerprint density at radius 3 is 2.10 bits per heavy atom. The Kier molecular flexibility index (Phi) is 29.9. The van der Waals surface area contributed by atoms with Crippen molar-refractivity contribution >= 4 is 63.2 Å². The molecule has 1 aliphatic rings. The minimum Gasteiger partial charge on any atom is -0.456 e. The zero-order valence-corrected chi connectivity index (χ0v) is 49.4. The summed E-state index contributed by atoms with van der Waals surface area (Å²) in [6.45, 7) is 15.1. The van der Waals surface area contributed by atoms with Crippen molar-refractivity contribution < 1.29 is 84.8 Å².